The van der Waals surface area contributed by atoms with E-state index in [1.807, 2.05) is 0 Å². The first-order valence-electron chi connectivity index (χ1n) is 9.23. The molecular formula is C21H20F3N3O3. The zero-order valence-electron chi connectivity index (χ0n) is 16.4. The summed E-state index contributed by atoms with van der Waals surface area (Å²) in [5.74, 6) is -1.50. The van der Waals surface area contributed by atoms with Gasteiger partial charge in [0.25, 0.3) is 11.8 Å². The first kappa shape index (κ1) is 21.4. The van der Waals surface area contributed by atoms with Gasteiger partial charge in [-0.2, -0.15) is 13.2 Å². The van der Waals surface area contributed by atoms with Gasteiger partial charge in [0.1, 0.15) is 0 Å². The van der Waals surface area contributed by atoms with Crippen molar-refractivity contribution in [1.82, 2.24) is 4.90 Å². The Hall–Kier alpha value is -3.36. The number of nitrogens with one attached hydrogen (secondary N) is 1. The lowest BCUT2D eigenvalue weighted by Crippen LogP contribution is -2.31. The molecule has 158 valence electrons. The predicted molar refractivity (Wildman–Crippen MR) is 105 cm³/mol. The summed E-state index contributed by atoms with van der Waals surface area (Å²) < 4.78 is 40.1. The van der Waals surface area contributed by atoms with E-state index in [1.54, 1.807) is 38.4 Å². The zero-order valence-corrected chi connectivity index (χ0v) is 16.4. The van der Waals surface area contributed by atoms with E-state index in [9.17, 15) is 27.6 Å². The van der Waals surface area contributed by atoms with Crippen LogP contribution in [0.4, 0.5) is 24.5 Å². The molecule has 1 aliphatic heterocycles. The molecule has 0 fully saturated rings. The van der Waals surface area contributed by atoms with E-state index in [1.165, 1.54) is 17.0 Å². The van der Waals surface area contributed by atoms with Crippen molar-refractivity contribution in [2.45, 2.75) is 19.0 Å². The van der Waals surface area contributed by atoms with Gasteiger partial charge in [-0.05, 0) is 36.8 Å². The Kier molecular flexibility index (Phi) is 5.82. The van der Waals surface area contributed by atoms with Gasteiger partial charge in [0.2, 0.25) is 5.91 Å². The highest BCUT2D eigenvalue weighted by Gasteiger charge is 2.35. The summed E-state index contributed by atoms with van der Waals surface area (Å²) in [5.41, 5.74) is -0.308. The Morgan fingerprint density at radius 1 is 1.03 bits per heavy atom. The Morgan fingerprint density at radius 2 is 1.63 bits per heavy atom. The van der Waals surface area contributed by atoms with Gasteiger partial charge in [-0.15, -0.1) is 0 Å². The molecule has 0 atom stereocenters. The van der Waals surface area contributed by atoms with Gasteiger partial charge in [0, 0.05) is 32.7 Å². The number of nitrogens with zero attached hydrogens (tertiary/aromatic N) is 2. The number of carbonyl (C=O) groups excluding carboxylic acids is 3. The minimum Gasteiger partial charge on any atom is -0.378 e. The van der Waals surface area contributed by atoms with Crippen LogP contribution in [0.15, 0.2) is 42.5 Å². The molecule has 1 heterocycles. The summed E-state index contributed by atoms with van der Waals surface area (Å²) in [6, 6.07) is 10.1. The number of alkyl halides is 3. The molecule has 1 aliphatic rings. The Balaban J connectivity index is 1.62. The molecule has 0 radical (unpaired) electrons. The molecule has 0 aromatic heterocycles. The SMILES string of the molecule is CN(C)c1ccc(NC(=O)CCCN2C(=O)c3ccccc3C2=O)c(C(F)(F)F)c1. The number of fused-ring (bicyclic) bond motifs is 1. The third-order valence-corrected chi connectivity index (χ3v) is 4.76. The summed E-state index contributed by atoms with van der Waals surface area (Å²) >= 11 is 0. The Labute approximate surface area is 171 Å². The van der Waals surface area contributed by atoms with Crippen LogP contribution in [0.1, 0.15) is 39.1 Å². The molecule has 3 amide bonds. The molecule has 30 heavy (non-hydrogen) atoms. The molecule has 2 aromatic carbocycles. The fraction of sp³-hybridized carbons (Fsp3) is 0.286. The molecule has 0 spiro atoms. The molecule has 0 bridgehead atoms. The Bertz CT molecular complexity index is 967. The summed E-state index contributed by atoms with van der Waals surface area (Å²) in [6.45, 7) is 0.00542. The molecule has 1 N–H and O–H groups in total. The molecule has 0 saturated carbocycles. The number of imide groups is 1. The minimum atomic E-state index is -4.63. The van der Waals surface area contributed by atoms with Gasteiger partial charge >= 0.3 is 6.18 Å². The minimum absolute atomic E-state index is 0.00542. The van der Waals surface area contributed by atoms with Gasteiger partial charge < -0.3 is 10.2 Å². The monoisotopic (exact) mass is 419 g/mol. The van der Waals surface area contributed by atoms with E-state index in [4.69, 9.17) is 0 Å². The normalized spacial score (nSPS) is 13.4. The number of rotatable bonds is 6. The van der Waals surface area contributed by atoms with Crippen LogP contribution in [0.2, 0.25) is 0 Å². The third-order valence-electron chi connectivity index (χ3n) is 4.76. The van der Waals surface area contributed by atoms with Crippen molar-refractivity contribution in [3.63, 3.8) is 0 Å². The van der Waals surface area contributed by atoms with E-state index in [0.717, 1.165) is 11.0 Å². The predicted octanol–water partition coefficient (Wildman–Crippen LogP) is 3.79. The van der Waals surface area contributed by atoms with E-state index in [2.05, 4.69) is 5.32 Å². The second kappa shape index (κ2) is 8.17. The average Bonchev–Trinajstić information content (AvgIpc) is 2.92. The highest BCUT2D eigenvalue weighted by molar-refractivity contribution is 6.21. The van der Waals surface area contributed by atoms with Gasteiger partial charge in [0.05, 0.1) is 22.4 Å². The zero-order chi connectivity index (χ0) is 22.1. The highest BCUT2D eigenvalue weighted by atomic mass is 19.4. The molecule has 0 saturated heterocycles. The molecule has 0 aliphatic carbocycles. The number of amides is 3. The van der Waals surface area contributed by atoms with Crippen molar-refractivity contribution < 1.29 is 27.6 Å². The van der Waals surface area contributed by atoms with E-state index < -0.39 is 29.5 Å². The summed E-state index contributed by atoms with van der Waals surface area (Å²) in [4.78, 5) is 39.3. The van der Waals surface area contributed by atoms with Crippen molar-refractivity contribution in [1.29, 1.82) is 0 Å². The molecule has 9 heteroatoms. The van der Waals surface area contributed by atoms with E-state index in [-0.39, 0.29) is 25.1 Å². The van der Waals surface area contributed by atoms with Crippen molar-refractivity contribution >= 4 is 29.1 Å². The lowest BCUT2D eigenvalue weighted by atomic mass is 10.1. The van der Waals surface area contributed by atoms with Crippen molar-refractivity contribution in [3.05, 3.63) is 59.2 Å². The standard InChI is InChI=1S/C21H20F3N3O3/c1-26(2)13-9-10-17(16(12-13)21(22,23)24)25-18(28)8-5-11-27-19(29)14-6-3-4-7-15(14)20(27)30/h3-4,6-7,9-10,12H,5,8,11H2,1-2H3,(H,25,28). The van der Waals surface area contributed by atoms with Gasteiger partial charge in [-0.25, -0.2) is 0 Å². The molecule has 2 aromatic rings. The van der Waals surface area contributed by atoms with Crippen molar-refractivity contribution in [2.75, 3.05) is 30.9 Å². The van der Waals surface area contributed by atoms with Crippen LogP contribution in [-0.4, -0.2) is 43.3 Å². The maximum Gasteiger partial charge on any atom is 0.418 e. The topological polar surface area (TPSA) is 69.7 Å². The second-order valence-corrected chi connectivity index (χ2v) is 7.08. The molecular weight excluding hydrogens is 399 g/mol. The first-order valence-corrected chi connectivity index (χ1v) is 9.23. The smallest absolute Gasteiger partial charge is 0.378 e. The fourth-order valence-electron chi connectivity index (χ4n) is 3.21. The van der Waals surface area contributed by atoms with Gasteiger partial charge in [-0.1, -0.05) is 12.1 Å². The van der Waals surface area contributed by atoms with Crippen LogP contribution in [-0.2, 0) is 11.0 Å². The number of benzene rings is 2. The Morgan fingerprint density at radius 3 is 2.17 bits per heavy atom. The van der Waals surface area contributed by atoms with E-state index >= 15 is 0 Å². The maximum atomic E-state index is 13.4. The van der Waals surface area contributed by atoms with Crippen LogP contribution in [0.5, 0.6) is 0 Å². The van der Waals surface area contributed by atoms with Crippen molar-refractivity contribution in [2.24, 2.45) is 0 Å². The van der Waals surface area contributed by atoms with Crippen LogP contribution in [0.25, 0.3) is 0 Å². The summed E-state index contributed by atoms with van der Waals surface area (Å²) in [6.07, 6.45) is -4.64. The molecule has 6 nitrogen and oxygen atoms in total. The number of anilines is 2. The number of hydrogen-bond donors (Lipinski definition) is 1. The number of carbonyl (C=O) groups is 3. The summed E-state index contributed by atoms with van der Waals surface area (Å²) in [5, 5.41) is 2.28. The maximum absolute atomic E-state index is 13.4. The largest absolute Gasteiger partial charge is 0.418 e. The van der Waals surface area contributed by atoms with Crippen LogP contribution >= 0.6 is 0 Å². The first-order chi connectivity index (χ1) is 14.1. The fourth-order valence-corrected chi connectivity index (χ4v) is 3.21. The van der Waals surface area contributed by atoms with Crippen LogP contribution < -0.4 is 10.2 Å². The third kappa shape index (κ3) is 4.29. The summed E-state index contributed by atoms with van der Waals surface area (Å²) in [7, 11) is 3.24. The van der Waals surface area contributed by atoms with Crippen molar-refractivity contribution in [3.8, 4) is 0 Å². The van der Waals surface area contributed by atoms with Crippen LogP contribution in [0.3, 0.4) is 0 Å². The van der Waals surface area contributed by atoms with Gasteiger partial charge in [-0.3, -0.25) is 19.3 Å². The quantitative estimate of drug-likeness (QED) is 0.724. The van der Waals surface area contributed by atoms with Gasteiger partial charge in [0.15, 0.2) is 0 Å². The van der Waals surface area contributed by atoms with E-state index in [0.29, 0.717) is 16.8 Å². The number of hydrogen-bond acceptors (Lipinski definition) is 4. The average molecular weight is 419 g/mol. The molecule has 3 rings (SSSR count). The lowest BCUT2D eigenvalue weighted by Gasteiger charge is -2.19. The van der Waals surface area contributed by atoms with Crippen LogP contribution in [0, 0.1) is 0 Å². The highest BCUT2D eigenvalue weighted by Crippen LogP contribution is 2.37. The number of halogens is 3. The lowest BCUT2D eigenvalue weighted by molar-refractivity contribution is -0.136. The second-order valence-electron chi connectivity index (χ2n) is 7.08. The molecule has 0 unspecified atom stereocenters.